The summed E-state index contributed by atoms with van der Waals surface area (Å²) >= 11 is 5.59. The number of aromatic nitrogens is 2. The van der Waals surface area contributed by atoms with Crippen LogP contribution < -0.4 is 4.74 Å². The van der Waals surface area contributed by atoms with Crippen LogP contribution in [0.3, 0.4) is 0 Å². The van der Waals surface area contributed by atoms with Crippen molar-refractivity contribution in [3.05, 3.63) is 30.2 Å². The molecule has 4 nitrogen and oxygen atoms in total. The first-order valence-electron chi connectivity index (χ1n) is 5.45. The second-order valence-electron chi connectivity index (χ2n) is 3.52. The van der Waals surface area contributed by atoms with Crippen LogP contribution in [0.25, 0.3) is 11.4 Å². The van der Waals surface area contributed by atoms with Gasteiger partial charge in [-0.05, 0) is 30.7 Å². The lowest BCUT2D eigenvalue weighted by Crippen LogP contribution is -1.94. The number of ether oxygens (including phenoxy) is 1. The molecule has 0 aliphatic carbocycles. The molecule has 17 heavy (non-hydrogen) atoms. The van der Waals surface area contributed by atoms with Gasteiger partial charge in [0, 0.05) is 5.56 Å². The zero-order valence-corrected chi connectivity index (χ0v) is 10.3. The van der Waals surface area contributed by atoms with Gasteiger partial charge in [0.1, 0.15) is 11.6 Å². The largest absolute Gasteiger partial charge is 0.494 e. The third-order valence-electron chi connectivity index (χ3n) is 2.17. The van der Waals surface area contributed by atoms with Gasteiger partial charge in [-0.15, -0.1) is 11.6 Å². The molecular weight excluding hydrogens is 240 g/mol. The van der Waals surface area contributed by atoms with E-state index >= 15 is 0 Å². The predicted octanol–water partition coefficient (Wildman–Crippen LogP) is 3.26. The average Bonchev–Trinajstić information content (AvgIpc) is 2.86. The SMILES string of the molecule is CCCOc1ccc(-c2noc(CCl)n2)cc1. The van der Waals surface area contributed by atoms with E-state index in [-0.39, 0.29) is 5.88 Å². The quantitative estimate of drug-likeness (QED) is 0.767. The fourth-order valence-electron chi connectivity index (χ4n) is 1.35. The lowest BCUT2D eigenvalue weighted by molar-refractivity contribution is 0.317. The van der Waals surface area contributed by atoms with Gasteiger partial charge in [-0.3, -0.25) is 0 Å². The molecule has 0 atom stereocenters. The minimum absolute atomic E-state index is 0.227. The van der Waals surface area contributed by atoms with Crippen molar-refractivity contribution < 1.29 is 9.26 Å². The molecule has 0 fully saturated rings. The first-order chi connectivity index (χ1) is 8.33. The molecule has 90 valence electrons. The lowest BCUT2D eigenvalue weighted by Gasteiger charge is -2.03. The zero-order chi connectivity index (χ0) is 12.1. The number of hydrogen-bond donors (Lipinski definition) is 0. The number of alkyl halides is 1. The number of nitrogens with zero attached hydrogens (tertiary/aromatic N) is 2. The topological polar surface area (TPSA) is 48.2 Å². The fraction of sp³-hybridized carbons (Fsp3) is 0.333. The predicted molar refractivity (Wildman–Crippen MR) is 65.1 cm³/mol. The van der Waals surface area contributed by atoms with Crippen molar-refractivity contribution in [2.45, 2.75) is 19.2 Å². The Morgan fingerprint density at radius 1 is 1.29 bits per heavy atom. The number of rotatable bonds is 5. The molecule has 5 heteroatoms. The zero-order valence-electron chi connectivity index (χ0n) is 9.52. The molecule has 0 bridgehead atoms. The van der Waals surface area contributed by atoms with E-state index in [0.29, 0.717) is 11.7 Å². The summed E-state index contributed by atoms with van der Waals surface area (Å²) in [5.41, 5.74) is 0.883. The summed E-state index contributed by atoms with van der Waals surface area (Å²) < 4.78 is 10.4. The van der Waals surface area contributed by atoms with E-state index in [9.17, 15) is 0 Å². The van der Waals surface area contributed by atoms with Crippen LogP contribution in [0.5, 0.6) is 5.75 Å². The minimum Gasteiger partial charge on any atom is -0.494 e. The molecule has 0 radical (unpaired) electrons. The Balaban J connectivity index is 2.11. The maximum absolute atomic E-state index is 5.59. The summed E-state index contributed by atoms with van der Waals surface area (Å²) in [4.78, 5) is 4.14. The molecule has 0 aliphatic rings. The van der Waals surface area contributed by atoms with Gasteiger partial charge in [-0.25, -0.2) is 0 Å². The van der Waals surface area contributed by atoms with Gasteiger partial charge in [0.25, 0.3) is 0 Å². The molecule has 0 saturated carbocycles. The van der Waals surface area contributed by atoms with E-state index in [0.717, 1.165) is 24.3 Å². The highest BCUT2D eigenvalue weighted by Gasteiger charge is 2.07. The molecule has 2 aromatic rings. The number of benzene rings is 1. The highest BCUT2D eigenvalue weighted by Crippen LogP contribution is 2.20. The van der Waals surface area contributed by atoms with Crippen LogP contribution in [0, 0.1) is 0 Å². The second-order valence-corrected chi connectivity index (χ2v) is 3.79. The number of halogens is 1. The maximum Gasteiger partial charge on any atom is 0.241 e. The summed E-state index contributed by atoms with van der Waals surface area (Å²) in [6.07, 6.45) is 0.992. The van der Waals surface area contributed by atoms with Crippen molar-refractivity contribution in [3.8, 4) is 17.1 Å². The summed E-state index contributed by atoms with van der Waals surface area (Å²) in [5, 5.41) is 3.84. The third-order valence-corrected chi connectivity index (χ3v) is 2.40. The van der Waals surface area contributed by atoms with E-state index in [4.69, 9.17) is 20.9 Å². The Bertz CT molecular complexity index is 468. The maximum atomic E-state index is 5.59. The van der Waals surface area contributed by atoms with Crippen LogP contribution in [-0.2, 0) is 5.88 Å². The Labute approximate surface area is 105 Å². The van der Waals surface area contributed by atoms with Gasteiger partial charge in [-0.1, -0.05) is 12.1 Å². The van der Waals surface area contributed by atoms with Crippen molar-refractivity contribution in [3.63, 3.8) is 0 Å². The Kier molecular flexibility index (Phi) is 3.98. The number of hydrogen-bond acceptors (Lipinski definition) is 4. The van der Waals surface area contributed by atoms with Gasteiger partial charge in [0.2, 0.25) is 11.7 Å². The molecule has 0 spiro atoms. The minimum atomic E-state index is 0.227. The standard InChI is InChI=1S/C12H13ClN2O2/c1-2-7-16-10-5-3-9(4-6-10)12-14-11(8-13)17-15-12/h3-6H,2,7-8H2,1H3. The van der Waals surface area contributed by atoms with Crippen LogP contribution >= 0.6 is 11.6 Å². The van der Waals surface area contributed by atoms with Crippen molar-refractivity contribution in [2.24, 2.45) is 0 Å². The first-order valence-corrected chi connectivity index (χ1v) is 5.98. The lowest BCUT2D eigenvalue weighted by atomic mass is 10.2. The van der Waals surface area contributed by atoms with E-state index < -0.39 is 0 Å². The fourth-order valence-corrected chi connectivity index (χ4v) is 1.46. The Morgan fingerprint density at radius 2 is 2.06 bits per heavy atom. The molecule has 0 amide bonds. The molecule has 0 aliphatic heterocycles. The summed E-state index contributed by atoms with van der Waals surface area (Å²) in [6.45, 7) is 2.79. The first kappa shape index (κ1) is 11.9. The van der Waals surface area contributed by atoms with Crippen molar-refractivity contribution in [2.75, 3.05) is 6.61 Å². The van der Waals surface area contributed by atoms with Gasteiger partial charge >= 0.3 is 0 Å². The summed E-state index contributed by atoms with van der Waals surface area (Å²) in [7, 11) is 0. The monoisotopic (exact) mass is 252 g/mol. The van der Waals surface area contributed by atoms with Crippen molar-refractivity contribution in [1.82, 2.24) is 10.1 Å². The van der Waals surface area contributed by atoms with Crippen molar-refractivity contribution in [1.29, 1.82) is 0 Å². The van der Waals surface area contributed by atoms with E-state index in [1.807, 2.05) is 24.3 Å². The van der Waals surface area contributed by atoms with Gasteiger partial charge in [0.05, 0.1) is 6.61 Å². The molecule has 0 saturated heterocycles. The highest BCUT2D eigenvalue weighted by atomic mass is 35.5. The molecule has 0 N–H and O–H groups in total. The van der Waals surface area contributed by atoms with Crippen LogP contribution in [0.4, 0.5) is 0 Å². The summed E-state index contributed by atoms with van der Waals surface area (Å²) in [6, 6.07) is 7.57. The van der Waals surface area contributed by atoms with Crippen LogP contribution in [0.15, 0.2) is 28.8 Å². The molecular formula is C12H13ClN2O2. The van der Waals surface area contributed by atoms with Crippen molar-refractivity contribution >= 4 is 11.6 Å². The second kappa shape index (κ2) is 5.68. The van der Waals surface area contributed by atoms with E-state index in [1.165, 1.54) is 0 Å². The average molecular weight is 253 g/mol. The van der Waals surface area contributed by atoms with Crippen LogP contribution in [0.1, 0.15) is 19.2 Å². The normalized spacial score (nSPS) is 10.5. The molecule has 1 aromatic carbocycles. The van der Waals surface area contributed by atoms with Crippen LogP contribution in [-0.4, -0.2) is 16.7 Å². The van der Waals surface area contributed by atoms with E-state index in [1.54, 1.807) is 0 Å². The van der Waals surface area contributed by atoms with Gasteiger partial charge < -0.3 is 9.26 Å². The Hall–Kier alpha value is -1.55. The highest BCUT2D eigenvalue weighted by molar-refractivity contribution is 6.16. The van der Waals surface area contributed by atoms with Gasteiger partial charge in [0.15, 0.2) is 0 Å². The molecule has 2 rings (SSSR count). The summed E-state index contributed by atoms with van der Waals surface area (Å²) in [5.74, 6) is 2.04. The van der Waals surface area contributed by atoms with Crippen LogP contribution in [0.2, 0.25) is 0 Å². The Morgan fingerprint density at radius 3 is 2.65 bits per heavy atom. The molecule has 1 aromatic heterocycles. The van der Waals surface area contributed by atoms with Gasteiger partial charge in [-0.2, -0.15) is 4.98 Å². The molecule has 0 unspecified atom stereocenters. The third kappa shape index (κ3) is 2.97. The smallest absolute Gasteiger partial charge is 0.241 e. The molecule has 1 heterocycles. The van der Waals surface area contributed by atoms with E-state index in [2.05, 4.69) is 17.1 Å².